The summed E-state index contributed by atoms with van der Waals surface area (Å²) < 4.78 is 9.55. The number of nitrogens with zero attached hydrogens (tertiary/aromatic N) is 1. The van der Waals surface area contributed by atoms with Crippen molar-refractivity contribution in [3.8, 4) is 0 Å². The molecule has 7 heteroatoms. The molecule has 0 aliphatic heterocycles. The first-order chi connectivity index (χ1) is 11.4. The lowest BCUT2D eigenvalue weighted by molar-refractivity contribution is -0.123. The largest absolute Gasteiger partial charge is 0.452 e. The molecule has 1 aromatic carbocycles. The Bertz CT molecular complexity index is 801. The molecular formula is C17H18N2O5. The zero-order valence-electron chi connectivity index (χ0n) is 13.7. The van der Waals surface area contributed by atoms with Crippen LogP contribution < -0.4 is 5.32 Å². The smallest absolute Gasteiger partial charge is 0.413 e. The zero-order valence-corrected chi connectivity index (χ0v) is 13.7. The van der Waals surface area contributed by atoms with Crippen LogP contribution in [0.1, 0.15) is 28.5 Å². The molecule has 1 N–H and O–H groups in total. The van der Waals surface area contributed by atoms with Gasteiger partial charge in [-0.2, -0.15) is 0 Å². The van der Waals surface area contributed by atoms with Crippen LogP contribution >= 0.6 is 0 Å². The minimum absolute atomic E-state index is 0.139. The first-order valence-electron chi connectivity index (χ1n) is 7.43. The number of para-hydroxylation sites is 1. The highest BCUT2D eigenvalue weighted by molar-refractivity contribution is 5.99. The maximum atomic E-state index is 12.3. The maximum absolute atomic E-state index is 12.3. The number of ether oxygens (including phenoxy) is 2. The van der Waals surface area contributed by atoms with Crippen LogP contribution in [0.5, 0.6) is 0 Å². The number of nitrogens with one attached hydrogen (secondary N) is 1. The van der Waals surface area contributed by atoms with Gasteiger partial charge < -0.3 is 9.47 Å². The van der Waals surface area contributed by atoms with Crippen LogP contribution in [0, 0.1) is 13.8 Å². The van der Waals surface area contributed by atoms with Crippen LogP contribution in [0.3, 0.4) is 0 Å². The first-order valence-corrected chi connectivity index (χ1v) is 7.43. The van der Waals surface area contributed by atoms with Gasteiger partial charge in [0.05, 0.1) is 23.4 Å². The number of hydrogen-bond acceptors (Lipinski definition) is 6. The molecule has 0 spiro atoms. The normalized spacial score (nSPS) is 10.3. The van der Waals surface area contributed by atoms with Gasteiger partial charge in [-0.1, -0.05) is 18.2 Å². The molecule has 0 bridgehead atoms. The van der Waals surface area contributed by atoms with E-state index in [2.05, 4.69) is 9.72 Å². The van der Waals surface area contributed by atoms with Crippen molar-refractivity contribution in [2.75, 3.05) is 13.2 Å². The summed E-state index contributed by atoms with van der Waals surface area (Å²) in [4.78, 5) is 39.3. The van der Waals surface area contributed by atoms with Crippen molar-refractivity contribution in [3.05, 3.63) is 41.1 Å². The van der Waals surface area contributed by atoms with Crippen molar-refractivity contribution in [3.63, 3.8) is 0 Å². The minimum atomic E-state index is -0.877. The van der Waals surface area contributed by atoms with E-state index in [-0.39, 0.29) is 6.61 Å². The Hall–Kier alpha value is -2.96. The summed E-state index contributed by atoms with van der Waals surface area (Å²) in [5, 5.41) is 2.79. The molecule has 1 aromatic heterocycles. The van der Waals surface area contributed by atoms with E-state index >= 15 is 0 Å². The van der Waals surface area contributed by atoms with Gasteiger partial charge in [0.15, 0.2) is 6.61 Å². The molecule has 24 heavy (non-hydrogen) atoms. The van der Waals surface area contributed by atoms with Crippen molar-refractivity contribution in [2.24, 2.45) is 0 Å². The van der Waals surface area contributed by atoms with E-state index in [1.807, 2.05) is 29.6 Å². The Kier molecular flexibility index (Phi) is 5.47. The first kappa shape index (κ1) is 17.4. The quantitative estimate of drug-likeness (QED) is 0.864. The van der Waals surface area contributed by atoms with Crippen LogP contribution in [-0.4, -0.2) is 36.2 Å². The van der Waals surface area contributed by atoms with Crippen molar-refractivity contribution in [1.82, 2.24) is 10.3 Å². The SMILES string of the molecule is CCOC(=O)NC(=O)COC(=O)c1c(C)nc2ccccc2c1C. The monoisotopic (exact) mass is 330 g/mol. The zero-order chi connectivity index (χ0) is 17.7. The van der Waals surface area contributed by atoms with Gasteiger partial charge in [-0.3, -0.25) is 15.1 Å². The third kappa shape index (κ3) is 3.87. The summed E-state index contributed by atoms with van der Waals surface area (Å²) in [5.74, 6) is -1.42. The second-order valence-electron chi connectivity index (χ2n) is 5.06. The molecule has 2 amide bonds. The van der Waals surface area contributed by atoms with Crippen LogP contribution in [-0.2, 0) is 14.3 Å². The van der Waals surface area contributed by atoms with E-state index in [9.17, 15) is 14.4 Å². The highest BCUT2D eigenvalue weighted by atomic mass is 16.6. The van der Waals surface area contributed by atoms with E-state index < -0.39 is 24.6 Å². The Labute approximate surface area is 139 Å². The molecule has 0 radical (unpaired) electrons. The molecule has 1 heterocycles. The fourth-order valence-electron chi connectivity index (χ4n) is 2.35. The molecule has 0 fully saturated rings. The lowest BCUT2D eigenvalue weighted by atomic mass is 10.0. The highest BCUT2D eigenvalue weighted by Crippen LogP contribution is 2.23. The highest BCUT2D eigenvalue weighted by Gasteiger charge is 2.19. The number of carbonyl (C=O) groups is 3. The number of imide groups is 1. The van der Waals surface area contributed by atoms with Gasteiger partial charge in [-0.15, -0.1) is 0 Å². The van der Waals surface area contributed by atoms with E-state index in [4.69, 9.17) is 4.74 Å². The number of aromatic nitrogens is 1. The molecule has 0 atom stereocenters. The number of amides is 2. The van der Waals surface area contributed by atoms with Crippen LogP contribution in [0.15, 0.2) is 24.3 Å². The molecule has 2 rings (SSSR count). The molecule has 126 valence electrons. The average Bonchev–Trinajstić information content (AvgIpc) is 2.53. The van der Waals surface area contributed by atoms with Gasteiger partial charge in [0, 0.05) is 5.39 Å². The topological polar surface area (TPSA) is 94.6 Å². The van der Waals surface area contributed by atoms with E-state index in [0.29, 0.717) is 11.3 Å². The second kappa shape index (κ2) is 7.54. The molecule has 2 aromatic rings. The van der Waals surface area contributed by atoms with Crippen LogP contribution in [0.2, 0.25) is 0 Å². The van der Waals surface area contributed by atoms with Crippen LogP contribution in [0.25, 0.3) is 10.9 Å². The third-order valence-electron chi connectivity index (χ3n) is 3.39. The van der Waals surface area contributed by atoms with E-state index in [0.717, 1.165) is 16.5 Å². The molecule has 0 aliphatic rings. The molecule has 0 aliphatic carbocycles. The molecule has 0 saturated carbocycles. The minimum Gasteiger partial charge on any atom is -0.452 e. The number of alkyl carbamates (subject to hydrolysis) is 1. The number of esters is 1. The predicted molar refractivity (Wildman–Crippen MR) is 86.7 cm³/mol. The number of aryl methyl sites for hydroxylation is 2. The molecular weight excluding hydrogens is 312 g/mol. The Morgan fingerprint density at radius 1 is 1.12 bits per heavy atom. The number of fused-ring (bicyclic) bond motifs is 1. The summed E-state index contributed by atoms with van der Waals surface area (Å²) in [6, 6.07) is 7.44. The number of benzene rings is 1. The second-order valence-corrected chi connectivity index (χ2v) is 5.06. The van der Waals surface area contributed by atoms with Gasteiger partial charge in [0.2, 0.25) is 0 Å². The van der Waals surface area contributed by atoms with E-state index in [1.54, 1.807) is 20.8 Å². The summed E-state index contributed by atoms with van der Waals surface area (Å²) in [6.07, 6.45) is -0.877. The van der Waals surface area contributed by atoms with Gasteiger partial charge in [-0.25, -0.2) is 9.59 Å². The molecule has 7 nitrogen and oxygen atoms in total. The van der Waals surface area contributed by atoms with Crippen molar-refractivity contribution in [1.29, 1.82) is 0 Å². The fourth-order valence-corrected chi connectivity index (χ4v) is 2.35. The Morgan fingerprint density at radius 2 is 1.83 bits per heavy atom. The number of hydrogen-bond donors (Lipinski definition) is 1. The van der Waals surface area contributed by atoms with Crippen molar-refractivity contribution in [2.45, 2.75) is 20.8 Å². The lowest BCUT2D eigenvalue weighted by Crippen LogP contribution is -2.34. The summed E-state index contributed by atoms with van der Waals surface area (Å²) >= 11 is 0. The van der Waals surface area contributed by atoms with Gasteiger partial charge in [-0.05, 0) is 32.4 Å². The predicted octanol–water partition coefficient (Wildman–Crippen LogP) is 2.28. The fraction of sp³-hybridized carbons (Fsp3) is 0.294. The summed E-state index contributed by atoms with van der Waals surface area (Å²) in [6.45, 7) is 4.67. The van der Waals surface area contributed by atoms with Crippen molar-refractivity contribution >= 4 is 28.9 Å². The van der Waals surface area contributed by atoms with Crippen molar-refractivity contribution < 1.29 is 23.9 Å². The number of rotatable bonds is 4. The number of carbonyl (C=O) groups excluding carboxylic acids is 3. The number of pyridine rings is 1. The molecule has 0 saturated heterocycles. The average molecular weight is 330 g/mol. The lowest BCUT2D eigenvalue weighted by Gasteiger charge is -2.12. The van der Waals surface area contributed by atoms with Gasteiger partial charge in [0.1, 0.15) is 0 Å². The van der Waals surface area contributed by atoms with Gasteiger partial charge >= 0.3 is 12.1 Å². The molecule has 0 unspecified atom stereocenters. The summed E-state index contributed by atoms with van der Waals surface area (Å²) in [7, 11) is 0. The van der Waals surface area contributed by atoms with E-state index in [1.165, 1.54) is 0 Å². The van der Waals surface area contributed by atoms with Crippen LogP contribution in [0.4, 0.5) is 4.79 Å². The summed E-state index contributed by atoms with van der Waals surface area (Å²) in [5.41, 5.74) is 2.35. The third-order valence-corrected chi connectivity index (χ3v) is 3.39. The Morgan fingerprint density at radius 3 is 2.54 bits per heavy atom. The van der Waals surface area contributed by atoms with Gasteiger partial charge in [0.25, 0.3) is 5.91 Å². The Balaban J connectivity index is 2.11. The standard InChI is InChI=1S/C17H18N2O5/c1-4-23-17(22)19-14(20)9-24-16(21)15-10(2)12-7-5-6-8-13(12)18-11(15)3/h5-8H,4,9H2,1-3H3,(H,19,20,22). The maximum Gasteiger partial charge on any atom is 0.413 e.